The Kier molecular flexibility index (Phi) is 7.95. The molecule has 0 spiro atoms. The highest BCUT2D eigenvalue weighted by Crippen LogP contribution is 2.32. The van der Waals surface area contributed by atoms with Gasteiger partial charge in [0.2, 0.25) is 11.8 Å². The number of nitrogens with one attached hydrogen (secondary N) is 1. The normalized spacial score (nSPS) is 15.7. The summed E-state index contributed by atoms with van der Waals surface area (Å²) in [5.41, 5.74) is 0.482. The molecular formula is C21H31ClN2O2. The average Bonchev–Trinajstić information content (AvgIpc) is 2.86. The van der Waals surface area contributed by atoms with E-state index in [1.165, 1.54) is 0 Å². The molecule has 1 saturated heterocycles. The van der Waals surface area contributed by atoms with Crippen molar-refractivity contribution in [1.82, 2.24) is 10.2 Å². The van der Waals surface area contributed by atoms with Gasteiger partial charge in [-0.05, 0) is 49.8 Å². The summed E-state index contributed by atoms with van der Waals surface area (Å²) >= 11 is 5.99. The van der Waals surface area contributed by atoms with Gasteiger partial charge in [-0.15, -0.1) is 0 Å². The van der Waals surface area contributed by atoms with Crippen molar-refractivity contribution in [2.75, 3.05) is 19.6 Å². The summed E-state index contributed by atoms with van der Waals surface area (Å²) in [6.07, 6.45) is 6.16. The molecule has 0 bridgehead atoms. The maximum absolute atomic E-state index is 13.0. The fourth-order valence-electron chi connectivity index (χ4n) is 3.80. The zero-order valence-corrected chi connectivity index (χ0v) is 16.8. The molecule has 4 nitrogen and oxygen atoms in total. The maximum Gasteiger partial charge on any atom is 0.230 e. The predicted octanol–water partition coefficient (Wildman–Crippen LogP) is 4.31. The number of benzene rings is 1. The van der Waals surface area contributed by atoms with E-state index in [-0.39, 0.29) is 11.8 Å². The highest BCUT2D eigenvalue weighted by Gasteiger charge is 2.36. The predicted molar refractivity (Wildman–Crippen MR) is 106 cm³/mol. The van der Waals surface area contributed by atoms with E-state index in [9.17, 15) is 9.59 Å². The van der Waals surface area contributed by atoms with Crippen molar-refractivity contribution >= 4 is 23.4 Å². The van der Waals surface area contributed by atoms with E-state index in [2.05, 4.69) is 5.32 Å². The molecule has 5 heteroatoms. The summed E-state index contributed by atoms with van der Waals surface area (Å²) in [6.45, 7) is 6.27. The molecule has 144 valence electrons. The molecule has 0 aliphatic carbocycles. The number of hydrogen-bond donors (Lipinski definition) is 1. The van der Waals surface area contributed by atoms with Gasteiger partial charge in [0.25, 0.3) is 0 Å². The summed E-state index contributed by atoms with van der Waals surface area (Å²) < 4.78 is 0. The first-order chi connectivity index (χ1) is 12.5. The Morgan fingerprint density at radius 1 is 1.15 bits per heavy atom. The topological polar surface area (TPSA) is 49.4 Å². The number of carbonyl (C=O) groups is 2. The number of amides is 2. The SMILES string of the molecule is CCC(CC)(C(=O)NCCCN1CCCCCC1=O)c1ccc(Cl)cc1. The quantitative estimate of drug-likeness (QED) is 0.685. The first-order valence-corrected chi connectivity index (χ1v) is 10.2. The molecule has 1 aliphatic rings. The van der Waals surface area contributed by atoms with Gasteiger partial charge in [0.15, 0.2) is 0 Å². The summed E-state index contributed by atoms with van der Waals surface area (Å²) in [7, 11) is 0. The number of halogens is 1. The van der Waals surface area contributed by atoms with Gasteiger partial charge in [-0.3, -0.25) is 9.59 Å². The molecule has 1 aliphatic heterocycles. The second-order valence-corrected chi connectivity index (χ2v) is 7.53. The third kappa shape index (κ3) is 5.00. The smallest absolute Gasteiger partial charge is 0.230 e. The zero-order chi connectivity index (χ0) is 19.0. The van der Waals surface area contributed by atoms with Crippen molar-refractivity contribution in [3.8, 4) is 0 Å². The Balaban J connectivity index is 1.91. The first-order valence-electron chi connectivity index (χ1n) is 9.85. The van der Waals surface area contributed by atoms with Gasteiger partial charge in [0.05, 0.1) is 5.41 Å². The molecule has 1 aromatic rings. The lowest BCUT2D eigenvalue weighted by Gasteiger charge is -2.31. The highest BCUT2D eigenvalue weighted by molar-refractivity contribution is 6.30. The van der Waals surface area contributed by atoms with Gasteiger partial charge in [-0.2, -0.15) is 0 Å². The number of nitrogens with zero attached hydrogens (tertiary/aromatic N) is 1. The van der Waals surface area contributed by atoms with E-state index in [0.717, 1.165) is 57.2 Å². The number of carbonyl (C=O) groups excluding carboxylic acids is 2. The molecule has 0 saturated carbocycles. The van der Waals surface area contributed by atoms with Crippen molar-refractivity contribution in [3.05, 3.63) is 34.9 Å². The fraction of sp³-hybridized carbons (Fsp3) is 0.619. The van der Waals surface area contributed by atoms with Crippen LogP contribution in [0, 0.1) is 0 Å². The number of rotatable bonds is 8. The monoisotopic (exact) mass is 378 g/mol. The lowest BCUT2D eigenvalue weighted by Crippen LogP contribution is -2.44. The lowest BCUT2D eigenvalue weighted by molar-refractivity contribution is -0.130. The van der Waals surface area contributed by atoms with Crippen molar-refractivity contribution in [2.45, 2.75) is 64.2 Å². The number of likely N-dealkylation sites (tertiary alicyclic amines) is 1. The molecule has 2 amide bonds. The van der Waals surface area contributed by atoms with Crippen LogP contribution in [0.15, 0.2) is 24.3 Å². The van der Waals surface area contributed by atoms with Crippen molar-refractivity contribution in [2.24, 2.45) is 0 Å². The van der Waals surface area contributed by atoms with Crippen molar-refractivity contribution in [1.29, 1.82) is 0 Å². The molecular weight excluding hydrogens is 348 g/mol. The van der Waals surface area contributed by atoms with Gasteiger partial charge >= 0.3 is 0 Å². The third-order valence-electron chi connectivity index (χ3n) is 5.60. The van der Waals surface area contributed by atoms with E-state index in [1.807, 2.05) is 43.0 Å². The Labute approximate surface area is 162 Å². The standard InChI is InChI=1S/C21H31ClN2O2/c1-3-21(4-2,17-10-12-18(22)13-11-17)20(26)23-14-8-16-24-15-7-5-6-9-19(24)25/h10-13H,3-9,14-16H2,1-2H3,(H,23,26). The second-order valence-electron chi connectivity index (χ2n) is 7.10. The highest BCUT2D eigenvalue weighted by atomic mass is 35.5. The summed E-state index contributed by atoms with van der Waals surface area (Å²) in [4.78, 5) is 26.9. The van der Waals surface area contributed by atoms with Gasteiger partial charge in [0.1, 0.15) is 0 Å². The van der Waals surface area contributed by atoms with E-state index in [4.69, 9.17) is 11.6 Å². The molecule has 2 rings (SSSR count). The Morgan fingerprint density at radius 2 is 1.85 bits per heavy atom. The van der Waals surface area contributed by atoms with Crippen LogP contribution in [0.3, 0.4) is 0 Å². The van der Waals surface area contributed by atoms with Crippen molar-refractivity contribution < 1.29 is 9.59 Å². The fourth-order valence-corrected chi connectivity index (χ4v) is 3.92. The molecule has 1 N–H and O–H groups in total. The summed E-state index contributed by atoms with van der Waals surface area (Å²) in [6, 6.07) is 7.58. The molecule has 1 heterocycles. The Morgan fingerprint density at radius 3 is 2.50 bits per heavy atom. The van der Waals surface area contributed by atoms with E-state index >= 15 is 0 Å². The molecule has 0 aromatic heterocycles. The minimum atomic E-state index is -0.525. The minimum Gasteiger partial charge on any atom is -0.355 e. The van der Waals surface area contributed by atoms with Crippen LogP contribution in [0.2, 0.25) is 5.02 Å². The van der Waals surface area contributed by atoms with Crippen LogP contribution >= 0.6 is 11.6 Å². The molecule has 1 aromatic carbocycles. The van der Waals surface area contributed by atoms with Crippen LogP contribution in [0.1, 0.15) is 64.4 Å². The van der Waals surface area contributed by atoms with E-state index in [0.29, 0.717) is 18.0 Å². The molecule has 26 heavy (non-hydrogen) atoms. The largest absolute Gasteiger partial charge is 0.355 e. The molecule has 0 radical (unpaired) electrons. The first kappa shape index (κ1) is 20.8. The van der Waals surface area contributed by atoms with Gasteiger partial charge in [-0.1, -0.05) is 44.0 Å². The van der Waals surface area contributed by atoms with E-state index in [1.54, 1.807) is 0 Å². The average molecular weight is 379 g/mol. The van der Waals surface area contributed by atoms with Crippen molar-refractivity contribution in [3.63, 3.8) is 0 Å². The molecule has 0 atom stereocenters. The summed E-state index contributed by atoms with van der Waals surface area (Å²) in [5, 5.41) is 3.78. The van der Waals surface area contributed by atoms with Crippen LogP contribution in [-0.2, 0) is 15.0 Å². The van der Waals surface area contributed by atoms with Crippen LogP contribution in [0.5, 0.6) is 0 Å². The second kappa shape index (κ2) is 9.96. The van der Waals surface area contributed by atoms with Gasteiger partial charge in [-0.25, -0.2) is 0 Å². The van der Waals surface area contributed by atoms with Crippen LogP contribution < -0.4 is 5.32 Å². The van der Waals surface area contributed by atoms with Gasteiger partial charge in [0, 0.05) is 31.1 Å². The Bertz CT molecular complexity index is 597. The third-order valence-corrected chi connectivity index (χ3v) is 5.85. The Hall–Kier alpha value is -1.55. The van der Waals surface area contributed by atoms with E-state index < -0.39 is 5.41 Å². The zero-order valence-electron chi connectivity index (χ0n) is 16.0. The molecule has 1 fully saturated rings. The van der Waals surface area contributed by atoms with Crippen LogP contribution in [0.25, 0.3) is 0 Å². The number of hydrogen-bond acceptors (Lipinski definition) is 2. The van der Waals surface area contributed by atoms with Gasteiger partial charge < -0.3 is 10.2 Å². The van der Waals surface area contributed by atoms with Crippen LogP contribution in [-0.4, -0.2) is 36.3 Å². The lowest BCUT2D eigenvalue weighted by atomic mass is 9.75. The molecule has 0 unspecified atom stereocenters. The minimum absolute atomic E-state index is 0.0621. The maximum atomic E-state index is 13.0. The summed E-state index contributed by atoms with van der Waals surface area (Å²) in [5.74, 6) is 0.318. The van der Waals surface area contributed by atoms with Crippen LogP contribution in [0.4, 0.5) is 0 Å².